The predicted molar refractivity (Wildman–Crippen MR) is 127 cm³/mol. The average Bonchev–Trinajstić information content (AvgIpc) is 3.12. The average molecular weight is 449 g/mol. The Kier molecular flexibility index (Phi) is 4.52. The lowest BCUT2D eigenvalue weighted by Gasteiger charge is -2.31. The number of ether oxygens (including phenoxy) is 1. The highest BCUT2D eigenvalue weighted by Crippen LogP contribution is 2.38. The second-order valence-electron chi connectivity index (χ2n) is 9.85. The number of cyclic esters (lactones) is 1. The van der Waals surface area contributed by atoms with Gasteiger partial charge < -0.3 is 14.4 Å². The molecule has 0 amide bonds. The van der Waals surface area contributed by atoms with Crippen LogP contribution in [0.4, 0.5) is 0 Å². The summed E-state index contributed by atoms with van der Waals surface area (Å²) in [5.74, 6) is -0.700. The normalized spacial score (nSPS) is 19.7. The van der Waals surface area contributed by atoms with Gasteiger partial charge in [-0.25, -0.2) is 9.78 Å². The minimum atomic E-state index is -1.81. The molecule has 0 unspecified atom stereocenters. The van der Waals surface area contributed by atoms with Gasteiger partial charge in [0.1, 0.15) is 6.61 Å². The largest absolute Gasteiger partial charge is 0.458 e. The maximum atomic E-state index is 13.3. The molecule has 6 nitrogen and oxygen atoms in total. The fourth-order valence-electron chi connectivity index (χ4n) is 4.84. The van der Waals surface area contributed by atoms with Crippen molar-refractivity contribution in [1.82, 2.24) is 9.55 Å². The second kappa shape index (κ2) is 6.86. The van der Waals surface area contributed by atoms with E-state index in [1.807, 2.05) is 0 Å². The summed E-state index contributed by atoms with van der Waals surface area (Å²) in [4.78, 5) is 30.8. The summed E-state index contributed by atoms with van der Waals surface area (Å²) in [6, 6.07) is 10.3. The molecule has 3 aromatic rings. The smallest absolute Gasteiger partial charge is 0.343 e. The van der Waals surface area contributed by atoms with E-state index in [2.05, 4.69) is 51.2 Å². The zero-order valence-corrected chi connectivity index (χ0v) is 20.2. The molecule has 4 heterocycles. The van der Waals surface area contributed by atoms with Gasteiger partial charge in [-0.1, -0.05) is 52.1 Å². The Morgan fingerprint density at radius 1 is 1.25 bits per heavy atom. The Hall–Kier alpha value is -2.77. The number of aliphatic hydroxyl groups is 1. The maximum Gasteiger partial charge on any atom is 0.343 e. The molecular weight excluding hydrogens is 420 g/mol. The van der Waals surface area contributed by atoms with Crippen molar-refractivity contribution in [1.29, 1.82) is 0 Å². The van der Waals surface area contributed by atoms with Crippen LogP contribution in [-0.2, 0) is 28.3 Å². The molecule has 1 atom stereocenters. The second-order valence-corrected chi connectivity index (χ2v) is 15.0. The molecular formula is C25H28N2O4Si. The van der Waals surface area contributed by atoms with Crippen LogP contribution in [0.15, 0.2) is 35.1 Å². The molecule has 2 aromatic heterocycles. The fourth-order valence-corrected chi connectivity index (χ4v) is 6.80. The van der Waals surface area contributed by atoms with E-state index in [1.54, 1.807) is 17.6 Å². The molecule has 0 fully saturated rings. The van der Waals surface area contributed by atoms with Crippen LogP contribution in [0.2, 0.25) is 18.6 Å². The summed E-state index contributed by atoms with van der Waals surface area (Å²) >= 11 is 0. The molecule has 0 radical (unpaired) electrons. The van der Waals surface area contributed by atoms with E-state index >= 15 is 0 Å². The number of carbonyl (C=O) groups excluding carboxylic acids is 1. The van der Waals surface area contributed by atoms with Gasteiger partial charge in [-0.2, -0.15) is 0 Å². The first-order valence-electron chi connectivity index (χ1n) is 11.2. The van der Waals surface area contributed by atoms with Crippen molar-refractivity contribution in [2.75, 3.05) is 0 Å². The summed E-state index contributed by atoms with van der Waals surface area (Å²) in [5.41, 5.74) is 2.61. The highest BCUT2D eigenvalue weighted by atomic mass is 28.3. The number of benzene rings is 1. The molecule has 0 saturated heterocycles. The SMILES string of the molecule is CC[C@@]1(O)C(=O)OCc2c1cc1n(c2=O)Cc2cc3cccc([Si](C)(C)C(C)C)c3nc2-1. The van der Waals surface area contributed by atoms with Crippen molar-refractivity contribution in [2.24, 2.45) is 0 Å². The Balaban J connectivity index is 1.79. The lowest BCUT2D eigenvalue weighted by Crippen LogP contribution is -2.44. The number of fused-ring (bicyclic) bond motifs is 5. The highest BCUT2D eigenvalue weighted by molar-refractivity contribution is 6.92. The zero-order valence-electron chi connectivity index (χ0n) is 19.2. The first kappa shape index (κ1) is 21.1. The van der Waals surface area contributed by atoms with Gasteiger partial charge in [0.05, 0.1) is 37.1 Å². The topological polar surface area (TPSA) is 81.4 Å². The van der Waals surface area contributed by atoms with Crippen LogP contribution in [0, 0.1) is 0 Å². The number of para-hydroxylation sites is 1. The van der Waals surface area contributed by atoms with Crippen LogP contribution in [0.3, 0.4) is 0 Å². The van der Waals surface area contributed by atoms with E-state index in [9.17, 15) is 14.7 Å². The molecule has 0 saturated carbocycles. The van der Waals surface area contributed by atoms with Crippen molar-refractivity contribution in [3.05, 3.63) is 57.4 Å². The number of pyridine rings is 2. The van der Waals surface area contributed by atoms with Crippen LogP contribution in [0.5, 0.6) is 0 Å². The third-order valence-electron chi connectivity index (χ3n) is 7.68. The third kappa shape index (κ3) is 2.70. The highest BCUT2D eigenvalue weighted by Gasteiger charge is 2.45. The Labute approximate surface area is 187 Å². The predicted octanol–water partition coefficient (Wildman–Crippen LogP) is 3.41. The summed E-state index contributed by atoms with van der Waals surface area (Å²) in [6.07, 6.45) is 0.137. The molecule has 0 aliphatic carbocycles. The van der Waals surface area contributed by atoms with Crippen LogP contribution in [0.1, 0.15) is 43.9 Å². The zero-order chi connectivity index (χ0) is 23.0. The molecule has 32 heavy (non-hydrogen) atoms. The van der Waals surface area contributed by atoms with Crippen molar-refractivity contribution in [3.63, 3.8) is 0 Å². The Morgan fingerprint density at radius 2 is 2.00 bits per heavy atom. The molecule has 2 aliphatic rings. The van der Waals surface area contributed by atoms with E-state index in [-0.39, 0.29) is 18.6 Å². The summed E-state index contributed by atoms with van der Waals surface area (Å²) in [5, 5.41) is 13.4. The quantitative estimate of drug-likeness (QED) is 0.384. The fraction of sp³-hybridized carbons (Fsp3) is 0.400. The Morgan fingerprint density at radius 3 is 2.69 bits per heavy atom. The van der Waals surface area contributed by atoms with Crippen molar-refractivity contribution < 1.29 is 14.6 Å². The molecule has 1 N–H and O–H groups in total. The van der Waals surface area contributed by atoms with Crippen molar-refractivity contribution >= 4 is 30.1 Å². The minimum Gasteiger partial charge on any atom is -0.458 e. The van der Waals surface area contributed by atoms with Gasteiger partial charge in [0.2, 0.25) is 0 Å². The number of rotatable bonds is 3. The monoisotopic (exact) mass is 448 g/mol. The summed E-state index contributed by atoms with van der Waals surface area (Å²) < 4.78 is 6.84. The number of hydrogen-bond donors (Lipinski definition) is 1. The minimum absolute atomic E-state index is 0.111. The molecule has 2 aliphatic heterocycles. The van der Waals surface area contributed by atoms with Crippen LogP contribution in [-0.4, -0.2) is 28.7 Å². The van der Waals surface area contributed by atoms with E-state index in [4.69, 9.17) is 9.72 Å². The lowest BCUT2D eigenvalue weighted by molar-refractivity contribution is -0.172. The van der Waals surface area contributed by atoms with Gasteiger partial charge in [-0.15, -0.1) is 0 Å². The number of esters is 1. The number of carbonyl (C=O) groups is 1. The molecule has 5 rings (SSSR count). The first-order chi connectivity index (χ1) is 15.1. The van der Waals surface area contributed by atoms with E-state index in [1.165, 1.54) is 5.19 Å². The van der Waals surface area contributed by atoms with Gasteiger partial charge in [-0.3, -0.25) is 4.79 Å². The van der Waals surface area contributed by atoms with Gasteiger partial charge in [0.15, 0.2) is 5.60 Å². The van der Waals surface area contributed by atoms with Crippen LogP contribution < -0.4 is 10.7 Å². The molecule has 166 valence electrons. The van der Waals surface area contributed by atoms with Gasteiger partial charge in [-0.05, 0) is 29.3 Å². The van der Waals surface area contributed by atoms with Gasteiger partial charge in [0, 0.05) is 16.5 Å². The summed E-state index contributed by atoms with van der Waals surface area (Å²) in [7, 11) is -1.75. The van der Waals surface area contributed by atoms with Gasteiger partial charge in [0.25, 0.3) is 5.56 Å². The van der Waals surface area contributed by atoms with E-state index in [0.29, 0.717) is 28.9 Å². The van der Waals surface area contributed by atoms with Gasteiger partial charge >= 0.3 is 5.97 Å². The molecule has 0 bridgehead atoms. The van der Waals surface area contributed by atoms with Crippen molar-refractivity contribution in [2.45, 2.75) is 64.6 Å². The number of aromatic nitrogens is 2. The standard InChI is InChI=1S/C25H28N2O4Si/c1-6-25(30)18-11-19-21-16(12-27(19)23(28)17(18)13-31-24(25)29)10-15-8-7-9-20(22(15)26-21)32(4,5)14(2)3/h7-11,14,30H,6,12-13H2,1-5H3/t25-/m0/s1. The van der Waals surface area contributed by atoms with Crippen LogP contribution in [0.25, 0.3) is 22.3 Å². The third-order valence-corrected chi connectivity index (χ3v) is 12.4. The van der Waals surface area contributed by atoms with E-state index < -0.39 is 19.6 Å². The lowest BCUT2D eigenvalue weighted by atomic mass is 9.86. The first-order valence-corrected chi connectivity index (χ1v) is 14.3. The van der Waals surface area contributed by atoms with E-state index in [0.717, 1.165) is 22.2 Å². The molecule has 1 aromatic carbocycles. The van der Waals surface area contributed by atoms with Crippen molar-refractivity contribution in [3.8, 4) is 11.4 Å². The van der Waals surface area contributed by atoms with Crippen LogP contribution >= 0.6 is 0 Å². The number of hydrogen-bond acceptors (Lipinski definition) is 5. The molecule has 0 spiro atoms. The maximum absolute atomic E-state index is 13.3. The molecule has 7 heteroatoms. The summed E-state index contributed by atoms with van der Waals surface area (Å²) in [6.45, 7) is 11.3. The Bertz CT molecular complexity index is 1360. The number of nitrogens with zero attached hydrogens (tertiary/aromatic N) is 2.